The summed E-state index contributed by atoms with van der Waals surface area (Å²) in [6.45, 7) is 1.70. The molecule has 2 aliphatic rings. The molecule has 0 bridgehead atoms. The van der Waals surface area contributed by atoms with Gasteiger partial charge < -0.3 is 10.2 Å². The minimum Gasteiger partial charge on any atom is -0.322 e. The molecule has 0 spiro atoms. The molecule has 2 aliphatic heterocycles. The largest absolute Gasteiger partial charge is 0.322 e. The van der Waals surface area contributed by atoms with Crippen LogP contribution in [0.3, 0.4) is 0 Å². The van der Waals surface area contributed by atoms with Crippen molar-refractivity contribution < 1.29 is 18.0 Å². The lowest BCUT2D eigenvalue weighted by molar-refractivity contribution is -0.117. The monoisotopic (exact) mass is 413 g/mol. The van der Waals surface area contributed by atoms with Crippen molar-refractivity contribution in [3.8, 4) is 0 Å². The van der Waals surface area contributed by atoms with Crippen LogP contribution in [0.2, 0.25) is 0 Å². The number of rotatable bonds is 5. The van der Waals surface area contributed by atoms with Gasteiger partial charge in [0.25, 0.3) is 5.91 Å². The molecule has 2 heterocycles. The third-order valence-electron chi connectivity index (χ3n) is 5.33. The highest BCUT2D eigenvalue weighted by atomic mass is 32.2. The highest BCUT2D eigenvalue weighted by Crippen LogP contribution is 2.27. The van der Waals surface area contributed by atoms with Crippen LogP contribution in [0.1, 0.15) is 36.0 Å². The molecular formula is C21H23N3O4S. The Morgan fingerprint density at radius 1 is 0.897 bits per heavy atom. The van der Waals surface area contributed by atoms with E-state index in [0.717, 1.165) is 19.3 Å². The van der Waals surface area contributed by atoms with Gasteiger partial charge in [0.15, 0.2) is 0 Å². The van der Waals surface area contributed by atoms with E-state index in [4.69, 9.17) is 0 Å². The summed E-state index contributed by atoms with van der Waals surface area (Å²) in [5, 5.41) is 2.80. The van der Waals surface area contributed by atoms with Gasteiger partial charge in [-0.3, -0.25) is 9.59 Å². The minimum absolute atomic E-state index is 0.0155. The van der Waals surface area contributed by atoms with Crippen LogP contribution < -0.4 is 10.2 Å². The predicted octanol–water partition coefficient (Wildman–Crippen LogP) is 2.85. The fourth-order valence-electron chi connectivity index (χ4n) is 3.79. The summed E-state index contributed by atoms with van der Waals surface area (Å²) in [6, 6.07) is 13.2. The molecule has 29 heavy (non-hydrogen) atoms. The van der Waals surface area contributed by atoms with Gasteiger partial charge in [0.2, 0.25) is 15.9 Å². The number of nitrogens with zero attached hydrogens (tertiary/aromatic N) is 2. The summed E-state index contributed by atoms with van der Waals surface area (Å²) in [7, 11) is -3.48. The van der Waals surface area contributed by atoms with Crippen LogP contribution in [0.15, 0.2) is 53.4 Å². The molecule has 0 saturated carbocycles. The molecule has 4 rings (SSSR count). The first-order chi connectivity index (χ1) is 14.0. The average molecular weight is 413 g/mol. The van der Waals surface area contributed by atoms with E-state index >= 15 is 0 Å². The van der Waals surface area contributed by atoms with Crippen LogP contribution in [0.4, 0.5) is 11.4 Å². The lowest BCUT2D eigenvalue weighted by Gasteiger charge is -2.19. The van der Waals surface area contributed by atoms with E-state index < -0.39 is 10.0 Å². The zero-order chi connectivity index (χ0) is 20.4. The van der Waals surface area contributed by atoms with Crippen molar-refractivity contribution in [2.45, 2.75) is 30.6 Å². The fourth-order valence-corrected chi connectivity index (χ4v) is 5.31. The second kappa shape index (κ2) is 7.96. The maximum atomic E-state index is 12.8. The number of sulfonamides is 1. The van der Waals surface area contributed by atoms with Crippen LogP contribution in [-0.2, 0) is 14.8 Å². The molecule has 1 N–H and O–H groups in total. The van der Waals surface area contributed by atoms with Crippen molar-refractivity contribution in [1.29, 1.82) is 0 Å². The van der Waals surface area contributed by atoms with Crippen LogP contribution >= 0.6 is 0 Å². The maximum Gasteiger partial charge on any atom is 0.257 e. The summed E-state index contributed by atoms with van der Waals surface area (Å²) in [5.41, 5.74) is 1.51. The van der Waals surface area contributed by atoms with Gasteiger partial charge in [-0.15, -0.1) is 0 Å². The van der Waals surface area contributed by atoms with Gasteiger partial charge in [0.05, 0.1) is 16.1 Å². The Hall–Kier alpha value is -2.71. The SMILES string of the molecule is O=C(Nc1ccc(S(=O)(=O)N2CCCC2)cc1)c1ccccc1N1CCCC1=O. The first kappa shape index (κ1) is 19.6. The Balaban J connectivity index is 1.52. The van der Waals surface area contributed by atoms with Crippen LogP contribution in [0, 0.1) is 0 Å². The van der Waals surface area contributed by atoms with Crippen molar-refractivity contribution in [3.05, 3.63) is 54.1 Å². The molecule has 7 nitrogen and oxygen atoms in total. The standard InChI is InChI=1S/C21H23N3O4S/c25-20-8-5-15-24(20)19-7-2-1-6-18(19)21(26)22-16-9-11-17(12-10-16)29(27,28)23-13-3-4-14-23/h1-2,6-7,9-12H,3-5,8,13-15H2,(H,22,26). The molecular weight excluding hydrogens is 390 g/mol. The lowest BCUT2D eigenvalue weighted by Crippen LogP contribution is -2.28. The van der Waals surface area contributed by atoms with Gasteiger partial charge in [-0.25, -0.2) is 8.42 Å². The smallest absolute Gasteiger partial charge is 0.257 e. The van der Waals surface area contributed by atoms with Crippen molar-refractivity contribution in [2.24, 2.45) is 0 Å². The van der Waals surface area contributed by atoms with Gasteiger partial charge >= 0.3 is 0 Å². The van der Waals surface area contributed by atoms with Gasteiger partial charge in [0.1, 0.15) is 0 Å². The van der Waals surface area contributed by atoms with E-state index in [1.165, 1.54) is 16.4 Å². The zero-order valence-corrected chi connectivity index (χ0v) is 16.8. The number of benzene rings is 2. The number of nitrogens with one attached hydrogen (secondary N) is 1. The molecule has 0 aliphatic carbocycles. The summed E-state index contributed by atoms with van der Waals surface area (Å²) in [6.07, 6.45) is 3.03. The Labute approximate surface area is 170 Å². The molecule has 0 aromatic heterocycles. The third kappa shape index (κ3) is 3.90. The topological polar surface area (TPSA) is 86.8 Å². The van der Waals surface area contributed by atoms with Gasteiger partial charge in [0, 0.05) is 31.7 Å². The Kier molecular flexibility index (Phi) is 5.38. The molecule has 2 saturated heterocycles. The molecule has 0 atom stereocenters. The third-order valence-corrected chi connectivity index (χ3v) is 7.24. The Bertz CT molecular complexity index is 1030. The minimum atomic E-state index is -3.48. The predicted molar refractivity (Wildman–Crippen MR) is 110 cm³/mol. The van der Waals surface area contributed by atoms with Crippen molar-refractivity contribution in [1.82, 2.24) is 4.31 Å². The Morgan fingerprint density at radius 2 is 1.59 bits per heavy atom. The van der Waals surface area contributed by atoms with Crippen molar-refractivity contribution in [2.75, 3.05) is 29.9 Å². The summed E-state index contributed by atoms with van der Waals surface area (Å²) >= 11 is 0. The number of carbonyl (C=O) groups excluding carboxylic acids is 2. The molecule has 2 fully saturated rings. The second-order valence-electron chi connectivity index (χ2n) is 7.26. The number of anilines is 2. The second-order valence-corrected chi connectivity index (χ2v) is 9.19. The zero-order valence-electron chi connectivity index (χ0n) is 16.0. The van der Waals surface area contributed by atoms with E-state index in [1.807, 2.05) is 0 Å². The first-order valence-corrected chi connectivity index (χ1v) is 11.2. The molecule has 2 aromatic carbocycles. The van der Waals surface area contributed by atoms with Crippen molar-refractivity contribution >= 4 is 33.2 Å². The quantitative estimate of drug-likeness (QED) is 0.817. The van der Waals surface area contributed by atoms with Gasteiger partial charge in [-0.1, -0.05) is 12.1 Å². The lowest BCUT2D eigenvalue weighted by atomic mass is 10.1. The average Bonchev–Trinajstić information content (AvgIpc) is 3.40. The molecule has 0 radical (unpaired) electrons. The van der Waals surface area contributed by atoms with Gasteiger partial charge in [-0.05, 0) is 55.7 Å². The fraction of sp³-hybridized carbons (Fsp3) is 0.333. The first-order valence-electron chi connectivity index (χ1n) is 9.78. The van der Waals surface area contributed by atoms with Crippen LogP contribution in [0.25, 0.3) is 0 Å². The number of para-hydroxylation sites is 1. The molecule has 152 valence electrons. The van der Waals surface area contributed by atoms with Crippen LogP contribution in [-0.4, -0.2) is 44.2 Å². The van der Waals surface area contributed by atoms with Crippen molar-refractivity contribution in [3.63, 3.8) is 0 Å². The summed E-state index contributed by atoms with van der Waals surface area (Å²) in [4.78, 5) is 26.8. The van der Waals surface area contributed by atoms with E-state index in [1.54, 1.807) is 41.3 Å². The highest BCUT2D eigenvalue weighted by Gasteiger charge is 2.28. The molecule has 8 heteroatoms. The Morgan fingerprint density at radius 3 is 2.24 bits per heavy atom. The van der Waals surface area contributed by atoms with Gasteiger partial charge in [-0.2, -0.15) is 4.31 Å². The molecule has 2 amide bonds. The summed E-state index contributed by atoms with van der Waals surface area (Å²) in [5.74, 6) is -0.322. The highest BCUT2D eigenvalue weighted by molar-refractivity contribution is 7.89. The number of hydrogen-bond donors (Lipinski definition) is 1. The number of carbonyl (C=O) groups is 2. The number of amides is 2. The molecule has 0 unspecified atom stereocenters. The maximum absolute atomic E-state index is 12.8. The number of hydrogen-bond acceptors (Lipinski definition) is 4. The van der Waals surface area contributed by atoms with Crippen LogP contribution in [0.5, 0.6) is 0 Å². The molecule has 2 aromatic rings. The van der Waals surface area contributed by atoms with E-state index in [0.29, 0.717) is 43.0 Å². The summed E-state index contributed by atoms with van der Waals surface area (Å²) < 4.78 is 26.7. The normalized spacial score (nSPS) is 17.7. The van der Waals surface area contributed by atoms with E-state index in [2.05, 4.69) is 5.32 Å². The van der Waals surface area contributed by atoms with E-state index in [-0.39, 0.29) is 16.7 Å². The van der Waals surface area contributed by atoms with E-state index in [9.17, 15) is 18.0 Å².